The summed E-state index contributed by atoms with van der Waals surface area (Å²) in [6.07, 6.45) is 0.195. The van der Waals surface area contributed by atoms with Crippen LogP contribution in [0.15, 0.2) is 53.3 Å². The molecule has 2 aromatic heterocycles. The molecule has 0 aliphatic carbocycles. The molecule has 0 bridgehead atoms. The number of hydrogen-bond donors (Lipinski definition) is 2. The molecular formula is C24H18BrClF3IN4O. The summed E-state index contributed by atoms with van der Waals surface area (Å²) in [6.45, 7) is 3.24. The maximum absolute atomic E-state index is 14.5. The summed E-state index contributed by atoms with van der Waals surface area (Å²) in [7, 11) is 0. The SMILES string of the molecule is Cc1nc2ccc(-c3cnc(C(C)(O)I)nc3)cc2c(N[C@@H](c2cc(Br)ccc2F)C(F)F)c1Cl. The van der Waals surface area contributed by atoms with Crippen LogP contribution in [0.3, 0.4) is 0 Å². The van der Waals surface area contributed by atoms with Gasteiger partial charge in [0.25, 0.3) is 6.43 Å². The molecule has 2 heterocycles. The van der Waals surface area contributed by atoms with Crippen molar-refractivity contribution >= 4 is 66.7 Å². The Morgan fingerprint density at radius 1 is 1.11 bits per heavy atom. The molecule has 0 aliphatic heterocycles. The normalized spacial score (nSPS) is 14.2. The van der Waals surface area contributed by atoms with E-state index in [2.05, 4.69) is 36.2 Å². The van der Waals surface area contributed by atoms with Crippen LogP contribution in [-0.4, -0.2) is 26.5 Å². The molecule has 182 valence electrons. The molecule has 0 saturated carbocycles. The summed E-state index contributed by atoms with van der Waals surface area (Å²) in [6, 6.07) is 7.49. The van der Waals surface area contributed by atoms with Gasteiger partial charge in [0.1, 0.15) is 11.9 Å². The molecule has 4 aromatic rings. The Kier molecular flexibility index (Phi) is 7.56. The minimum atomic E-state index is -2.93. The first-order valence-electron chi connectivity index (χ1n) is 10.3. The average molecular weight is 678 g/mol. The van der Waals surface area contributed by atoms with Crippen molar-refractivity contribution < 1.29 is 18.3 Å². The number of nitrogens with one attached hydrogen (secondary N) is 1. The summed E-state index contributed by atoms with van der Waals surface area (Å²) >= 11 is 11.6. The second-order valence-electron chi connectivity index (χ2n) is 7.99. The number of aryl methyl sites for hydroxylation is 1. The summed E-state index contributed by atoms with van der Waals surface area (Å²) in [5.74, 6) is -0.512. The highest BCUT2D eigenvalue weighted by molar-refractivity contribution is 14.1. The number of hydrogen-bond acceptors (Lipinski definition) is 5. The highest BCUT2D eigenvalue weighted by Gasteiger charge is 2.28. The van der Waals surface area contributed by atoms with Crippen LogP contribution in [0, 0.1) is 12.7 Å². The highest BCUT2D eigenvalue weighted by Crippen LogP contribution is 2.39. The smallest absolute Gasteiger partial charge is 0.262 e. The lowest BCUT2D eigenvalue weighted by Crippen LogP contribution is -2.21. The van der Waals surface area contributed by atoms with Crippen LogP contribution in [0.1, 0.15) is 30.0 Å². The molecule has 0 saturated heterocycles. The van der Waals surface area contributed by atoms with Crippen molar-refractivity contribution in [2.24, 2.45) is 0 Å². The standard InChI is InChI=1S/C24H18BrClF3IN4O/c1-11-19(26)20(34-21(22(28)29)15-8-14(25)4-5-17(15)27)16-7-12(3-6-18(16)33-11)13-9-31-23(32-10-13)24(2,30)35/h3-10,21-22,35H,1-2H3,(H,33,34)/t21-,24?/m0/s1. The summed E-state index contributed by atoms with van der Waals surface area (Å²) < 4.78 is 42.1. The zero-order valence-electron chi connectivity index (χ0n) is 18.3. The van der Waals surface area contributed by atoms with Crippen LogP contribution in [-0.2, 0) is 3.61 Å². The quantitative estimate of drug-likeness (QED) is 0.163. The van der Waals surface area contributed by atoms with Gasteiger partial charge in [-0.1, -0.05) is 33.6 Å². The highest BCUT2D eigenvalue weighted by atomic mass is 127. The number of pyridine rings is 1. The van der Waals surface area contributed by atoms with Gasteiger partial charge in [0.05, 0.1) is 21.9 Å². The van der Waals surface area contributed by atoms with Crippen LogP contribution in [0.4, 0.5) is 18.9 Å². The van der Waals surface area contributed by atoms with E-state index in [-0.39, 0.29) is 22.1 Å². The molecule has 5 nitrogen and oxygen atoms in total. The fourth-order valence-corrected chi connectivity index (χ4v) is 4.44. The van der Waals surface area contributed by atoms with Crippen molar-refractivity contribution in [3.8, 4) is 11.1 Å². The van der Waals surface area contributed by atoms with E-state index in [1.807, 2.05) is 22.6 Å². The minimum absolute atomic E-state index is 0.156. The fraction of sp³-hybridized carbons (Fsp3) is 0.208. The number of alkyl halides is 3. The average Bonchev–Trinajstić information content (AvgIpc) is 2.80. The van der Waals surface area contributed by atoms with Gasteiger partial charge in [-0.15, -0.1) is 0 Å². The van der Waals surface area contributed by atoms with Crippen molar-refractivity contribution in [2.45, 2.75) is 29.9 Å². The minimum Gasteiger partial charge on any atom is -0.373 e. The number of fused-ring (bicyclic) bond motifs is 1. The van der Waals surface area contributed by atoms with Crippen molar-refractivity contribution in [2.75, 3.05) is 5.32 Å². The maximum atomic E-state index is 14.5. The maximum Gasteiger partial charge on any atom is 0.262 e. The molecule has 35 heavy (non-hydrogen) atoms. The van der Waals surface area contributed by atoms with E-state index < -0.39 is 21.9 Å². The number of benzene rings is 2. The Hall–Kier alpha value is -2.02. The van der Waals surface area contributed by atoms with Crippen LogP contribution >= 0.6 is 50.1 Å². The van der Waals surface area contributed by atoms with Gasteiger partial charge in [-0.3, -0.25) is 4.98 Å². The molecule has 0 amide bonds. The van der Waals surface area contributed by atoms with Crippen molar-refractivity contribution in [1.82, 2.24) is 15.0 Å². The van der Waals surface area contributed by atoms with Crippen molar-refractivity contribution in [3.63, 3.8) is 0 Å². The van der Waals surface area contributed by atoms with Gasteiger partial charge in [0.2, 0.25) is 0 Å². The number of rotatable bonds is 6. The molecule has 1 unspecified atom stereocenters. The lowest BCUT2D eigenvalue weighted by molar-refractivity contribution is 0.123. The predicted octanol–water partition coefficient (Wildman–Crippen LogP) is 7.57. The van der Waals surface area contributed by atoms with Crippen molar-refractivity contribution in [3.05, 3.63) is 81.2 Å². The number of aliphatic hydroxyl groups is 1. The van der Waals surface area contributed by atoms with E-state index in [1.165, 1.54) is 12.1 Å². The monoisotopic (exact) mass is 676 g/mol. The van der Waals surface area contributed by atoms with E-state index in [4.69, 9.17) is 11.6 Å². The van der Waals surface area contributed by atoms with Crippen molar-refractivity contribution in [1.29, 1.82) is 0 Å². The topological polar surface area (TPSA) is 70.9 Å². The third-order valence-corrected chi connectivity index (χ3v) is 6.77. The lowest BCUT2D eigenvalue weighted by Gasteiger charge is -2.23. The number of nitrogens with zero attached hydrogens (tertiary/aromatic N) is 3. The first-order chi connectivity index (χ1) is 16.5. The summed E-state index contributed by atoms with van der Waals surface area (Å²) in [4.78, 5) is 12.9. The van der Waals surface area contributed by atoms with Crippen LogP contribution < -0.4 is 5.32 Å². The molecule has 2 atom stereocenters. The largest absolute Gasteiger partial charge is 0.373 e. The first kappa shape index (κ1) is 26.1. The Bertz CT molecular complexity index is 1400. The van der Waals surface area contributed by atoms with Gasteiger partial charge in [0, 0.05) is 33.4 Å². The molecule has 11 heteroatoms. The van der Waals surface area contributed by atoms with E-state index >= 15 is 0 Å². The van der Waals surface area contributed by atoms with Gasteiger partial charge >= 0.3 is 0 Å². The zero-order chi connectivity index (χ0) is 25.5. The van der Waals surface area contributed by atoms with E-state index in [0.717, 1.165) is 6.07 Å². The van der Waals surface area contributed by atoms with Gasteiger partial charge in [-0.2, -0.15) is 0 Å². The molecule has 0 radical (unpaired) electrons. The molecule has 0 fully saturated rings. The Balaban J connectivity index is 1.83. The fourth-order valence-electron chi connectivity index (χ4n) is 3.58. The van der Waals surface area contributed by atoms with Crippen LogP contribution in [0.2, 0.25) is 5.02 Å². The third kappa shape index (κ3) is 5.55. The Morgan fingerprint density at radius 3 is 2.43 bits per heavy atom. The Morgan fingerprint density at radius 2 is 1.80 bits per heavy atom. The lowest BCUT2D eigenvalue weighted by atomic mass is 10.0. The second kappa shape index (κ2) is 10.2. The molecule has 0 spiro atoms. The second-order valence-corrected chi connectivity index (χ2v) is 11.4. The molecule has 0 aliphatic rings. The zero-order valence-corrected chi connectivity index (χ0v) is 22.8. The van der Waals surface area contributed by atoms with Gasteiger partial charge in [-0.25, -0.2) is 23.1 Å². The summed E-state index contributed by atoms with van der Waals surface area (Å²) in [5.41, 5.74) is 2.31. The Labute approximate surface area is 226 Å². The molecular weight excluding hydrogens is 660 g/mol. The number of halogens is 6. The first-order valence-corrected chi connectivity index (χ1v) is 12.5. The summed E-state index contributed by atoms with van der Waals surface area (Å²) in [5, 5.41) is 13.5. The van der Waals surface area contributed by atoms with Crippen LogP contribution in [0.5, 0.6) is 0 Å². The van der Waals surface area contributed by atoms with Gasteiger partial charge in [-0.05, 0) is 72.3 Å². The van der Waals surface area contributed by atoms with Crippen LogP contribution in [0.25, 0.3) is 22.0 Å². The molecule has 4 rings (SSSR count). The van der Waals surface area contributed by atoms with Gasteiger partial charge < -0.3 is 10.4 Å². The molecule has 2 N–H and O–H groups in total. The van der Waals surface area contributed by atoms with E-state index in [9.17, 15) is 18.3 Å². The number of anilines is 1. The molecule has 2 aromatic carbocycles. The third-order valence-electron chi connectivity index (χ3n) is 5.33. The van der Waals surface area contributed by atoms with E-state index in [1.54, 1.807) is 44.4 Å². The predicted molar refractivity (Wildman–Crippen MR) is 143 cm³/mol. The number of aromatic nitrogens is 3. The van der Waals surface area contributed by atoms with E-state index in [0.29, 0.717) is 32.2 Å². The van der Waals surface area contributed by atoms with Gasteiger partial charge in [0.15, 0.2) is 9.43 Å².